The molecule has 0 aliphatic carbocycles. The average Bonchev–Trinajstić information content (AvgIpc) is 2.48. The lowest BCUT2D eigenvalue weighted by Crippen LogP contribution is -2.36. The molecule has 80 valence electrons. The lowest BCUT2D eigenvalue weighted by molar-refractivity contribution is -0.141. The molecule has 0 bridgehead atoms. The van der Waals surface area contributed by atoms with Gasteiger partial charge in [0.15, 0.2) is 0 Å². The molecule has 0 N–H and O–H groups in total. The highest BCUT2D eigenvalue weighted by Crippen LogP contribution is 2.15. The van der Waals surface area contributed by atoms with Crippen molar-refractivity contribution in [1.29, 1.82) is 0 Å². The summed E-state index contributed by atoms with van der Waals surface area (Å²) in [5, 5.41) is 0. The number of carbonyl (C=O) groups excluding carboxylic acids is 2. The number of thioether (sulfide) groups is 1. The van der Waals surface area contributed by atoms with Crippen molar-refractivity contribution in [2.75, 3.05) is 18.1 Å². The van der Waals surface area contributed by atoms with Crippen molar-refractivity contribution >= 4 is 23.5 Å². The predicted octanol–water partition coefficient (Wildman–Crippen LogP) is 1.32. The minimum Gasteiger partial charge on any atom is -0.333 e. The molecule has 0 radical (unpaired) electrons. The molecule has 1 aliphatic heterocycles. The van der Waals surface area contributed by atoms with E-state index < -0.39 is 0 Å². The third kappa shape index (κ3) is 2.74. The summed E-state index contributed by atoms with van der Waals surface area (Å²) in [5.74, 6) is 1.67. The van der Waals surface area contributed by atoms with Gasteiger partial charge in [-0.25, -0.2) is 0 Å². The standard InChI is InChI=1S/C10H17NO2S/c1-3-14-7-5-8(2)11-6-4-9(12)10(11)13/h8H,3-7H2,1-2H3. The molecule has 14 heavy (non-hydrogen) atoms. The number of rotatable bonds is 5. The van der Waals surface area contributed by atoms with E-state index in [-0.39, 0.29) is 17.7 Å². The Morgan fingerprint density at radius 2 is 2.21 bits per heavy atom. The Balaban J connectivity index is 2.34. The molecule has 0 aromatic rings. The minimum absolute atomic E-state index is 0.216. The summed E-state index contributed by atoms with van der Waals surface area (Å²) in [6.07, 6.45) is 1.39. The molecule has 1 atom stereocenters. The average molecular weight is 215 g/mol. The van der Waals surface area contributed by atoms with E-state index >= 15 is 0 Å². The lowest BCUT2D eigenvalue weighted by Gasteiger charge is -2.22. The largest absolute Gasteiger partial charge is 0.333 e. The van der Waals surface area contributed by atoms with Crippen LogP contribution in [0, 0.1) is 0 Å². The van der Waals surface area contributed by atoms with Gasteiger partial charge in [-0.2, -0.15) is 11.8 Å². The summed E-state index contributed by atoms with van der Waals surface area (Å²) < 4.78 is 0. The fraction of sp³-hybridized carbons (Fsp3) is 0.800. The van der Waals surface area contributed by atoms with Crippen LogP contribution in [0.25, 0.3) is 0 Å². The summed E-state index contributed by atoms with van der Waals surface area (Å²) in [7, 11) is 0. The second-order valence-electron chi connectivity index (χ2n) is 3.51. The Kier molecular flexibility index (Phi) is 4.45. The smallest absolute Gasteiger partial charge is 0.290 e. The van der Waals surface area contributed by atoms with Crippen LogP contribution in [0.1, 0.15) is 26.7 Å². The fourth-order valence-corrected chi connectivity index (χ4v) is 2.36. The van der Waals surface area contributed by atoms with Crippen LogP contribution in [0.4, 0.5) is 0 Å². The number of hydrogen-bond donors (Lipinski definition) is 0. The van der Waals surface area contributed by atoms with Gasteiger partial charge < -0.3 is 4.90 Å². The quantitative estimate of drug-likeness (QED) is 0.513. The summed E-state index contributed by atoms with van der Waals surface area (Å²) in [6.45, 7) is 4.77. The number of amides is 1. The first kappa shape index (κ1) is 11.6. The Morgan fingerprint density at radius 3 is 2.71 bits per heavy atom. The minimum atomic E-state index is -0.279. The van der Waals surface area contributed by atoms with E-state index in [1.165, 1.54) is 0 Å². The van der Waals surface area contributed by atoms with Gasteiger partial charge in [0.2, 0.25) is 5.78 Å². The zero-order chi connectivity index (χ0) is 10.6. The maximum Gasteiger partial charge on any atom is 0.290 e. The second kappa shape index (κ2) is 5.39. The molecule has 1 saturated heterocycles. The van der Waals surface area contributed by atoms with Gasteiger partial charge in [-0.1, -0.05) is 6.92 Å². The third-order valence-electron chi connectivity index (χ3n) is 2.50. The van der Waals surface area contributed by atoms with Crippen molar-refractivity contribution in [1.82, 2.24) is 4.90 Å². The zero-order valence-corrected chi connectivity index (χ0v) is 9.60. The molecule has 1 aliphatic rings. The van der Waals surface area contributed by atoms with E-state index in [1.807, 2.05) is 18.7 Å². The van der Waals surface area contributed by atoms with Crippen LogP contribution >= 0.6 is 11.8 Å². The Morgan fingerprint density at radius 1 is 1.50 bits per heavy atom. The van der Waals surface area contributed by atoms with Crippen molar-refractivity contribution in [2.45, 2.75) is 32.7 Å². The van der Waals surface area contributed by atoms with Gasteiger partial charge in [-0.3, -0.25) is 9.59 Å². The molecule has 1 heterocycles. The molecule has 1 fully saturated rings. The Bertz CT molecular complexity index is 230. The van der Waals surface area contributed by atoms with Crippen LogP contribution in [-0.2, 0) is 9.59 Å². The maximum absolute atomic E-state index is 11.3. The first-order valence-electron chi connectivity index (χ1n) is 5.08. The Labute approximate surface area is 89.2 Å². The number of carbonyl (C=O) groups is 2. The molecule has 3 nitrogen and oxygen atoms in total. The molecule has 1 unspecified atom stereocenters. The van der Waals surface area contributed by atoms with E-state index in [0.717, 1.165) is 17.9 Å². The molecular formula is C10H17NO2S. The molecule has 0 aromatic heterocycles. The molecule has 1 rings (SSSR count). The van der Waals surface area contributed by atoms with Crippen molar-refractivity contribution in [2.24, 2.45) is 0 Å². The SMILES string of the molecule is CCSCCC(C)N1CCC(=O)C1=O. The first-order valence-corrected chi connectivity index (χ1v) is 6.23. The normalized spacial score (nSPS) is 19.1. The topological polar surface area (TPSA) is 37.4 Å². The second-order valence-corrected chi connectivity index (χ2v) is 4.90. The number of ketones is 1. The van der Waals surface area contributed by atoms with E-state index in [0.29, 0.717) is 13.0 Å². The summed E-state index contributed by atoms with van der Waals surface area (Å²) in [6, 6.07) is 0.216. The van der Waals surface area contributed by atoms with Crippen LogP contribution < -0.4 is 0 Å². The molecule has 0 aromatic carbocycles. The van der Waals surface area contributed by atoms with E-state index in [1.54, 1.807) is 4.90 Å². The number of nitrogens with zero attached hydrogens (tertiary/aromatic N) is 1. The van der Waals surface area contributed by atoms with Crippen molar-refractivity contribution < 1.29 is 9.59 Å². The van der Waals surface area contributed by atoms with Crippen LogP contribution in [0.2, 0.25) is 0 Å². The van der Waals surface area contributed by atoms with Gasteiger partial charge in [-0.15, -0.1) is 0 Å². The van der Waals surface area contributed by atoms with Crippen LogP contribution in [0.15, 0.2) is 0 Å². The van der Waals surface area contributed by atoms with Gasteiger partial charge in [0.25, 0.3) is 5.91 Å². The molecular weight excluding hydrogens is 198 g/mol. The monoisotopic (exact) mass is 215 g/mol. The van der Waals surface area contributed by atoms with Crippen molar-refractivity contribution in [3.05, 3.63) is 0 Å². The number of hydrogen-bond acceptors (Lipinski definition) is 3. The molecule has 1 amide bonds. The lowest BCUT2D eigenvalue weighted by atomic mass is 10.2. The van der Waals surface area contributed by atoms with Gasteiger partial charge in [-0.05, 0) is 24.9 Å². The Hall–Kier alpha value is -0.510. The number of Topliss-reactive ketones (excluding diaryl/α,β-unsaturated/α-hetero) is 1. The first-order chi connectivity index (χ1) is 6.66. The maximum atomic E-state index is 11.3. The molecule has 4 heteroatoms. The van der Waals surface area contributed by atoms with E-state index in [9.17, 15) is 9.59 Å². The highest BCUT2D eigenvalue weighted by Gasteiger charge is 2.31. The highest BCUT2D eigenvalue weighted by molar-refractivity contribution is 7.99. The summed E-state index contributed by atoms with van der Waals surface area (Å²) >= 11 is 1.87. The molecule has 0 saturated carbocycles. The van der Waals surface area contributed by atoms with Gasteiger partial charge >= 0.3 is 0 Å². The molecule has 0 spiro atoms. The van der Waals surface area contributed by atoms with Crippen LogP contribution in [-0.4, -0.2) is 40.7 Å². The summed E-state index contributed by atoms with van der Waals surface area (Å²) in [5.41, 5.74) is 0. The van der Waals surface area contributed by atoms with Crippen molar-refractivity contribution in [3.63, 3.8) is 0 Å². The van der Waals surface area contributed by atoms with Gasteiger partial charge in [0, 0.05) is 19.0 Å². The zero-order valence-electron chi connectivity index (χ0n) is 8.78. The van der Waals surface area contributed by atoms with Crippen LogP contribution in [0.5, 0.6) is 0 Å². The third-order valence-corrected chi connectivity index (χ3v) is 3.43. The van der Waals surface area contributed by atoms with Crippen LogP contribution in [0.3, 0.4) is 0 Å². The predicted molar refractivity (Wildman–Crippen MR) is 58.4 cm³/mol. The van der Waals surface area contributed by atoms with Crippen molar-refractivity contribution in [3.8, 4) is 0 Å². The van der Waals surface area contributed by atoms with E-state index in [4.69, 9.17) is 0 Å². The number of likely N-dealkylation sites (tertiary alicyclic amines) is 1. The highest BCUT2D eigenvalue weighted by atomic mass is 32.2. The summed E-state index contributed by atoms with van der Waals surface area (Å²) in [4.78, 5) is 24.1. The van der Waals surface area contributed by atoms with Gasteiger partial charge in [0.05, 0.1) is 0 Å². The fourth-order valence-electron chi connectivity index (χ4n) is 1.57. The van der Waals surface area contributed by atoms with Gasteiger partial charge in [0.1, 0.15) is 0 Å². The van der Waals surface area contributed by atoms with E-state index in [2.05, 4.69) is 6.92 Å².